The molecule has 1 atom stereocenters. The van der Waals surface area contributed by atoms with Crippen molar-refractivity contribution in [1.29, 1.82) is 0 Å². The minimum atomic E-state index is -0.744. The van der Waals surface area contributed by atoms with Crippen molar-refractivity contribution < 1.29 is 28.5 Å². The molecule has 0 aromatic heterocycles. The first-order valence-corrected chi connectivity index (χ1v) is 12.2. The van der Waals surface area contributed by atoms with E-state index in [0.717, 1.165) is 4.47 Å². The van der Waals surface area contributed by atoms with E-state index in [2.05, 4.69) is 26.5 Å². The first-order valence-electron chi connectivity index (χ1n) is 11.4. The summed E-state index contributed by atoms with van der Waals surface area (Å²) in [5.74, 6) is 0.968. The Labute approximate surface area is 218 Å². The van der Waals surface area contributed by atoms with Crippen molar-refractivity contribution in [3.63, 3.8) is 0 Å². The van der Waals surface area contributed by atoms with Crippen molar-refractivity contribution in [2.75, 3.05) is 13.2 Å². The fourth-order valence-electron chi connectivity index (χ4n) is 3.00. The number of ether oxygens (including phenoxy) is 4. The van der Waals surface area contributed by atoms with Gasteiger partial charge in [-0.1, -0.05) is 15.9 Å². The van der Waals surface area contributed by atoms with Gasteiger partial charge in [0.05, 0.1) is 25.0 Å². The zero-order valence-corrected chi connectivity index (χ0v) is 21.8. The van der Waals surface area contributed by atoms with Gasteiger partial charge < -0.3 is 18.9 Å². The van der Waals surface area contributed by atoms with E-state index in [1.807, 2.05) is 26.0 Å². The van der Waals surface area contributed by atoms with Crippen LogP contribution in [0.3, 0.4) is 0 Å². The van der Waals surface area contributed by atoms with Crippen molar-refractivity contribution in [3.05, 3.63) is 82.3 Å². The van der Waals surface area contributed by atoms with E-state index in [9.17, 15) is 9.59 Å². The summed E-state index contributed by atoms with van der Waals surface area (Å²) in [5.41, 5.74) is 3.48. The summed E-state index contributed by atoms with van der Waals surface area (Å²) in [6.45, 7) is 6.26. The standard InChI is InChI=1S/C27H27BrN2O6/c1-4-33-22-11-7-20(8-12-22)27(32)36-24-15-6-19(16-25(24)34-5-2)17-29-30-26(31)18(3)35-23-13-9-21(28)10-14-23/h6-18H,4-5H2,1-3H3,(H,30,31). The van der Waals surface area contributed by atoms with Crippen molar-refractivity contribution in [1.82, 2.24) is 5.43 Å². The summed E-state index contributed by atoms with van der Waals surface area (Å²) in [7, 11) is 0. The van der Waals surface area contributed by atoms with Crippen LogP contribution in [0.5, 0.6) is 23.0 Å². The number of amides is 1. The number of hydrogen-bond donors (Lipinski definition) is 1. The molecule has 0 spiro atoms. The molecule has 0 aliphatic carbocycles. The minimum absolute atomic E-state index is 0.272. The van der Waals surface area contributed by atoms with Crippen LogP contribution in [0.4, 0.5) is 0 Å². The summed E-state index contributed by atoms with van der Waals surface area (Å²) in [4.78, 5) is 24.9. The second-order valence-electron chi connectivity index (χ2n) is 7.43. The van der Waals surface area contributed by atoms with Gasteiger partial charge in [0.25, 0.3) is 5.91 Å². The van der Waals surface area contributed by atoms with E-state index in [1.54, 1.807) is 61.5 Å². The number of esters is 1. The Morgan fingerprint density at radius 2 is 1.58 bits per heavy atom. The second-order valence-corrected chi connectivity index (χ2v) is 8.35. The van der Waals surface area contributed by atoms with Gasteiger partial charge in [0.15, 0.2) is 17.6 Å². The molecule has 0 radical (unpaired) electrons. The van der Waals surface area contributed by atoms with E-state index in [4.69, 9.17) is 18.9 Å². The Morgan fingerprint density at radius 1 is 0.917 bits per heavy atom. The lowest BCUT2D eigenvalue weighted by atomic mass is 10.2. The van der Waals surface area contributed by atoms with Crippen LogP contribution >= 0.6 is 15.9 Å². The molecule has 3 aromatic carbocycles. The molecule has 0 bridgehead atoms. The predicted octanol–water partition coefficient (Wildman–Crippen LogP) is 5.38. The van der Waals surface area contributed by atoms with Crippen LogP contribution in [0.15, 0.2) is 76.3 Å². The zero-order valence-electron chi connectivity index (χ0n) is 20.2. The van der Waals surface area contributed by atoms with E-state index < -0.39 is 18.0 Å². The van der Waals surface area contributed by atoms with Crippen LogP contribution in [0.1, 0.15) is 36.7 Å². The van der Waals surface area contributed by atoms with Gasteiger partial charge in [0.1, 0.15) is 11.5 Å². The highest BCUT2D eigenvalue weighted by Gasteiger charge is 2.15. The number of hydrazone groups is 1. The normalized spacial score (nSPS) is 11.6. The molecule has 0 saturated carbocycles. The highest BCUT2D eigenvalue weighted by molar-refractivity contribution is 9.10. The lowest BCUT2D eigenvalue weighted by Gasteiger charge is -2.13. The summed E-state index contributed by atoms with van der Waals surface area (Å²) in [6, 6.07) is 18.8. The van der Waals surface area contributed by atoms with E-state index in [-0.39, 0.29) is 5.75 Å². The molecule has 0 heterocycles. The van der Waals surface area contributed by atoms with Crippen molar-refractivity contribution in [2.24, 2.45) is 5.10 Å². The number of nitrogens with one attached hydrogen (secondary N) is 1. The molecular weight excluding hydrogens is 528 g/mol. The van der Waals surface area contributed by atoms with Gasteiger partial charge in [0.2, 0.25) is 0 Å². The molecule has 0 saturated heterocycles. The van der Waals surface area contributed by atoms with E-state index in [0.29, 0.717) is 41.6 Å². The van der Waals surface area contributed by atoms with Crippen LogP contribution in [-0.4, -0.2) is 37.4 Å². The van der Waals surface area contributed by atoms with Gasteiger partial charge in [-0.05, 0) is 93.1 Å². The third kappa shape index (κ3) is 7.84. The largest absolute Gasteiger partial charge is 0.494 e. The molecular formula is C27H27BrN2O6. The predicted molar refractivity (Wildman–Crippen MR) is 140 cm³/mol. The quantitative estimate of drug-likeness (QED) is 0.148. The Balaban J connectivity index is 1.61. The topological polar surface area (TPSA) is 95.5 Å². The maximum Gasteiger partial charge on any atom is 0.343 e. The third-order valence-electron chi connectivity index (χ3n) is 4.76. The Hall–Kier alpha value is -3.85. The first-order chi connectivity index (χ1) is 17.4. The highest BCUT2D eigenvalue weighted by Crippen LogP contribution is 2.29. The zero-order chi connectivity index (χ0) is 25.9. The minimum Gasteiger partial charge on any atom is -0.494 e. The molecule has 1 amide bonds. The third-order valence-corrected chi connectivity index (χ3v) is 5.28. The number of hydrogen-bond acceptors (Lipinski definition) is 7. The van der Waals surface area contributed by atoms with Gasteiger partial charge in [-0.25, -0.2) is 10.2 Å². The molecule has 0 aliphatic rings. The summed E-state index contributed by atoms with van der Waals surface area (Å²) in [6.07, 6.45) is 0.719. The number of benzene rings is 3. The molecule has 0 fully saturated rings. The van der Waals surface area contributed by atoms with Gasteiger partial charge >= 0.3 is 5.97 Å². The Morgan fingerprint density at radius 3 is 2.25 bits per heavy atom. The highest BCUT2D eigenvalue weighted by atomic mass is 79.9. The van der Waals surface area contributed by atoms with Crippen LogP contribution in [0.2, 0.25) is 0 Å². The molecule has 3 rings (SSSR count). The molecule has 8 nitrogen and oxygen atoms in total. The average Bonchev–Trinajstić information content (AvgIpc) is 2.87. The Kier molecular flexibility index (Phi) is 9.88. The number of rotatable bonds is 11. The summed E-state index contributed by atoms with van der Waals surface area (Å²) in [5, 5.41) is 3.99. The van der Waals surface area contributed by atoms with Crippen molar-refractivity contribution >= 4 is 34.0 Å². The van der Waals surface area contributed by atoms with Gasteiger partial charge in [-0.15, -0.1) is 0 Å². The molecule has 9 heteroatoms. The molecule has 36 heavy (non-hydrogen) atoms. The molecule has 1 N–H and O–H groups in total. The van der Waals surface area contributed by atoms with E-state index in [1.165, 1.54) is 6.21 Å². The van der Waals surface area contributed by atoms with Crippen molar-refractivity contribution in [2.45, 2.75) is 26.9 Å². The number of halogens is 1. The fraction of sp³-hybridized carbons (Fsp3) is 0.222. The van der Waals surface area contributed by atoms with Gasteiger partial charge in [-0.3, -0.25) is 4.79 Å². The van der Waals surface area contributed by atoms with Gasteiger partial charge in [0, 0.05) is 4.47 Å². The summed E-state index contributed by atoms with van der Waals surface area (Å²) < 4.78 is 23.1. The molecule has 0 aliphatic heterocycles. The lowest BCUT2D eigenvalue weighted by molar-refractivity contribution is -0.127. The lowest BCUT2D eigenvalue weighted by Crippen LogP contribution is -2.33. The number of carbonyl (C=O) groups is 2. The maximum absolute atomic E-state index is 12.6. The van der Waals surface area contributed by atoms with Crippen LogP contribution < -0.4 is 24.4 Å². The Bertz CT molecular complexity index is 1200. The van der Waals surface area contributed by atoms with E-state index >= 15 is 0 Å². The second kappa shape index (κ2) is 13.3. The average molecular weight is 555 g/mol. The number of nitrogens with zero attached hydrogens (tertiary/aromatic N) is 1. The van der Waals surface area contributed by atoms with Crippen LogP contribution in [0, 0.1) is 0 Å². The SMILES string of the molecule is CCOc1ccc(C(=O)Oc2ccc(C=NNC(=O)C(C)Oc3ccc(Br)cc3)cc2OCC)cc1. The molecule has 1 unspecified atom stereocenters. The van der Waals surface area contributed by atoms with Crippen molar-refractivity contribution in [3.8, 4) is 23.0 Å². The first kappa shape index (κ1) is 26.7. The number of carbonyl (C=O) groups excluding carboxylic acids is 2. The smallest absolute Gasteiger partial charge is 0.343 e. The molecule has 3 aromatic rings. The monoisotopic (exact) mass is 554 g/mol. The van der Waals surface area contributed by atoms with Crippen LogP contribution in [-0.2, 0) is 4.79 Å². The van der Waals surface area contributed by atoms with Gasteiger partial charge in [-0.2, -0.15) is 5.10 Å². The summed E-state index contributed by atoms with van der Waals surface area (Å²) >= 11 is 3.35. The maximum atomic E-state index is 12.6. The molecule has 188 valence electrons. The fourth-order valence-corrected chi connectivity index (χ4v) is 3.27. The van der Waals surface area contributed by atoms with Crippen LogP contribution in [0.25, 0.3) is 0 Å².